The molecule has 1 fully saturated rings. The summed E-state index contributed by atoms with van der Waals surface area (Å²) in [5, 5.41) is 0.725. The van der Waals surface area contributed by atoms with Gasteiger partial charge in [0.05, 0.1) is 10.7 Å². The molecule has 0 aliphatic carbocycles. The number of rotatable bonds is 3. The summed E-state index contributed by atoms with van der Waals surface area (Å²) in [4.78, 5) is 30.7. The van der Waals surface area contributed by atoms with Crippen molar-refractivity contribution in [2.75, 3.05) is 31.1 Å². The number of carbonyl (C=O) groups is 2. The van der Waals surface area contributed by atoms with Crippen LogP contribution in [0.4, 0.5) is 5.69 Å². The Hall–Kier alpha value is -2.27. The van der Waals surface area contributed by atoms with E-state index < -0.39 is 0 Å². The Bertz CT molecular complexity index is 733. The van der Waals surface area contributed by atoms with Gasteiger partial charge in [0.15, 0.2) is 5.78 Å². The van der Waals surface area contributed by atoms with Crippen molar-refractivity contribution in [2.24, 2.45) is 0 Å². The molecule has 23 heavy (non-hydrogen) atoms. The van der Waals surface area contributed by atoms with E-state index >= 15 is 0 Å². The molecule has 1 amide bonds. The van der Waals surface area contributed by atoms with Crippen molar-refractivity contribution in [3.8, 4) is 0 Å². The van der Waals surface area contributed by atoms with E-state index in [0.29, 0.717) is 24.3 Å². The molecule has 0 spiro atoms. The van der Waals surface area contributed by atoms with Gasteiger partial charge in [-0.1, -0.05) is 23.7 Å². The quantitative estimate of drug-likeness (QED) is 0.880. The summed E-state index contributed by atoms with van der Waals surface area (Å²) in [6, 6.07) is 9.34. The van der Waals surface area contributed by atoms with E-state index in [-0.39, 0.29) is 11.7 Å². The zero-order chi connectivity index (χ0) is 16.4. The third-order valence-electron chi connectivity index (χ3n) is 4.08. The zero-order valence-corrected chi connectivity index (χ0v) is 13.6. The number of piperazine rings is 1. The Kier molecular flexibility index (Phi) is 4.39. The van der Waals surface area contributed by atoms with E-state index in [1.54, 1.807) is 17.2 Å². The van der Waals surface area contributed by atoms with Gasteiger partial charge in [-0.3, -0.25) is 9.59 Å². The Morgan fingerprint density at radius 2 is 1.83 bits per heavy atom. The number of aromatic nitrogens is 1. The molecule has 0 radical (unpaired) electrons. The molecule has 1 aliphatic heterocycles. The number of benzene rings is 1. The SMILES string of the molecule is CC(=O)c1c[nH]c(C(=O)N2CCN(c3ccccc3Cl)CC2)c1. The maximum atomic E-state index is 12.5. The topological polar surface area (TPSA) is 56.4 Å². The standard InChI is InChI=1S/C17H18ClN3O2/c1-12(22)13-10-15(19-11-13)17(23)21-8-6-20(7-9-21)16-5-3-2-4-14(16)18/h2-5,10-11,19H,6-9H2,1H3. The van der Waals surface area contributed by atoms with E-state index in [2.05, 4.69) is 9.88 Å². The Balaban J connectivity index is 1.65. The number of nitrogens with one attached hydrogen (secondary N) is 1. The first kappa shape index (κ1) is 15.6. The molecule has 1 N–H and O–H groups in total. The van der Waals surface area contributed by atoms with E-state index in [1.165, 1.54) is 6.92 Å². The van der Waals surface area contributed by atoms with Crippen molar-refractivity contribution in [3.63, 3.8) is 0 Å². The van der Waals surface area contributed by atoms with E-state index in [0.717, 1.165) is 23.8 Å². The molecule has 3 rings (SSSR count). The summed E-state index contributed by atoms with van der Waals surface area (Å²) in [6.45, 7) is 4.20. The highest BCUT2D eigenvalue weighted by Crippen LogP contribution is 2.26. The smallest absolute Gasteiger partial charge is 0.270 e. The molecule has 120 valence electrons. The molecule has 2 aromatic rings. The van der Waals surface area contributed by atoms with Crippen LogP contribution in [0.5, 0.6) is 0 Å². The van der Waals surface area contributed by atoms with Crippen LogP contribution in [-0.4, -0.2) is 47.8 Å². The van der Waals surface area contributed by atoms with Gasteiger partial charge in [-0.15, -0.1) is 0 Å². The summed E-state index contributed by atoms with van der Waals surface area (Å²) >= 11 is 6.23. The third-order valence-corrected chi connectivity index (χ3v) is 4.40. The summed E-state index contributed by atoms with van der Waals surface area (Å²) in [6.07, 6.45) is 1.58. The first-order chi connectivity index (χ1) is 11.1. The minimum absolute atomic E-state index is 0.0520. The number of nitrogens with zero attached hydrogens (tertiary/aromatic N) is 2. The van der Waals surface area contributed by atoms with Gasteiger partial charge in [-0.2, -0.15) is 0 Å². The Morgan fingerprint density at radius 3 is 2.43 bits per heavy atom. The first-order valence-corrected chi connectivity index (χ1v) is 7.92. The number of H-pyrrole nitrogens is 1. The largest absolute Gasteiger partial charge is 0.367 e. The van der Waals surface area contributed by atoms with Gasteiger partial charge >= 0.3 is 0 Å². The summed E-state index contributed by atoms with van der Waals surface area (Å²) in [7, 11) is 0. The minimum atomic E-state index is -0.0729. The van der Waals surface area contributed by atoms with E-state index in [9.17, 15) is 9.59 Å². The summed E-state index contributed by atoms with van der Waals surface area (Å²) < 4.78 is 0. The van der Waals surface area contributed by atoms with E-state index in [4.69, 9.17) is 11.6 Å². The molecule has 1 aromatic carbocycles. The van der Waals surface area contributed by atoms with Crippen LogP contribution >= 0.6 is 11.6 Å². The lowest BCUT2D eigenvalue weighted by Crippen LogP contribution is -2.49. The molecule has 1 aromatic heterocycles. The number of aromatic amines is 1. The number of carbonyl (C=O) groups excluding carboxylic acids is 2. The number of anilines is 1. The van der Waals surface area contributed by atoms with Crippen molar-refractivity contribution in [3.05, 3.63) is 52.8 Å². The lowest BCUT2D eigenvalue weighted by molar-refractivity contribution is 0.0741. The molecule has 0 saturated carbocycles. The van der Waals surface area contributed by atoms with Crippen LogP contribution in [0.3, 0.4) is 0 Å². The van der Waals surface area contributed by atoms with Gasteiger partial charge in [-0.25, -0.2) is 0 Å². The molecule has 0 bridgehead atoms. The van der Waals surface area contributed by atoms with Gasteiger partial charge in [0.1, 0.15) is 5.69 Å². The van der Waals surface area contributed by atoms with Crippen LogP contribution in [0.25, 0.3) is 0 Å². The fourth-order valence-electron chi connectivity index (χ4n) is 2.75. The number of halogens is 1. The predicted octanol–water partition coefficient (Wildman–Crippen LogP) is 2.83. The Morgan fingerprint density at radius 1 is 1.13 bits per heavy atom. The van der Waals surface area contributed by atoms with Gasteiger partial charge in [-0.05, 0) is 25.1 Å². The fraction of sp³-hybridized carbons (Fsp3) is 0.294. The number of hydrogen-bond donors (Lipinski definition) is 1. The van der Waals surface area contributed by atoms with Crippen molar-refractivity contribution >= 4 is 29.0 Å². The highest BCUT2D eigenvalue weighted by molar-refractivity contribution is 6.33. The van der Waals surface area contributed by atoms with Gasteiger partial charge in [0.2, 0.25) is 0 Å². The highest BCUT2D eigenvalue weighted by Gasteiger charge is 2.24. The monoisotopic (exact) mass is 331 g/mol. The van der Waals surface area contributed by atoms with Crippen LogP contribution in [0, 0.1) is 0 Å². The molecular formula is C17H18ClN3O2. The molecule has 2 heterocycles. The van der Waals surface area contributed by atoms with Crippen molar-refractivity contribution in [1.29, 1.82) is 0 Å². The van der Waals surface area contributed by atoms with Crippen molar-refractivity contribution in [1.82, 2.24) is 9.88 Å². The average Bonchev–Trinajstić information content (AvgIpc) is 3.05. The number of ketones is 1. The minimum Gasteiger partial charge on any atom is -0.367 e. The molecule has 0 unspecified atom stereocenters. The molecule has 5 nitrogen and oxygen atoms in total. The second-order valence-electron chi connectivity index (χ2n) is 5.59. The van der Waals surface area contributed by atoms with Gasteiger partial charge < -0.3 is 14.8 Å². The van der Waals surface area contributed by atoms with Crippen LogP contribution in [0.2, 0.25) is 5.02 Å². The molecular weight excluding hydrogens is 314 g/mol. The number of Topliss-reactive ketones (excluding diaryl/α,β-unsaturated/α-hetero) is 1. The molecule has 1 saturated heterocycles. The Labute approximate surface area is 139 Å². The van der Waals surface area contributed by atoms with Gasteiger partial charge in [0.25, 0.3) is 5.91 Å². The first-order valence-electron chi connectivity index (χ1n) is 7.54. The van der Waals surface area contributed by atoms with E-state index in [1.807, 2.05) is 24.3 Å². The lowest BCUT2D eigenvalue weighted by atomic mass is 10.2. The summed E-state index contributed by atoms with van der Waals surface area (Å²) in [5.41, 5.74) is 1.99. The van der Waals surface area contributed by atoms with Crippen molar-refractivity contribution in [2.45, 2.75) is 6.92 Å². The van der Waals surface area contributed by atoms with Crippen LogP contribution in [0.15, 0.2) is 36.5 Å². The number of amides is 1. The molecule has 0 atom stereocenters. The maximum absolute atomic E-state index is 12.5. The summed E-state index contributed by atoms with van der Waals surface area (Å²) in [5.74, 6) is -0.125. The van der Waals surface area contributed by atoms with Crippen molar-refractivity contribution < 1.29 is 9.59 Å². The fourth-order valence-corrected chi connectivity index (χ4v) is 3.01. The second-order valence-corrected chi connectivity index (χ2v) is 6.00. The zero-order valence-electron chi connectivity index (χ0n) is 12.9. The average molecular weight is 332 g/mol. The number of para-hydroxylation sites is 1. The lowest BCUT2D eigenvalue weighted by Gasteiger charge is -2.36. The second kappa shape index (κ2) is 6.46. The van der Waals surface area contributed by atoms with Crippen LogP contribution in [-0.2, 0) is 0 Å². The molecule has 6 heteroatoms. The number of hydrogen-bond acceptors (Lipinski definition) is 3. The molecule has 1 aliphatic rings. The van der Waals surface area contributed by atoms with Crippen LogP contribution in [0.1, 0.15) is 27.8 Å². The van der Waals surface area contributed by atoms with Gasteiger partial charge in [0, 0.05) is 37.9 Å². The third kappa shape index (κ3) is 3.24. The normalized spacial score (nSPS) is 14.9. The van der Waals surface area contributed by atoms with Crippen LogP contribution < -0.4 is 4.90 Å². The maximum Gasteiger partial charge on any atom is 0.270 e. The highest BCUT2D eigenvalue weighted by atomic mass is 35.5. The predicted molar refractivity (Wildman–Crippen MR) is 90.4 cm³/mol.